The van der Waals surface area contributed by atoms with Crippen molar-refractivity contribution in [3.05, 3.63) is 66.2 Å². The normalized spacial score (nSPS) is 11.7. The minimum atomic E-state index is -3.70. The second-order valence-corrected chi connectivity index (χ2v) is 9.26. The zero-order valence-electron chi connectivity index (χ0n) is 14.5. The number of sulfone groups is 1. The molecular weight excluding hydrogens is 380 g/mol. The minimum Gasteiger partial charge on any atom is -0.301 e. The Labute approximate surface area is 160 Å². The van der Waals surface area contributed by atoms with Crippen LogP contribution >= 0.6 is 11.3 Å². The molecule has 0 saturated heterocycles. The molecule has 0 radical (unpaired) electrons. The van der Waals surface area contributed by atoms with Crippen LogP contribution in [0.25, 0.3) is 21.0 Å². The lowest BCUT2D eigenvalue weighted by molar-refractivity contribution is -0.113. The van der Waals surface area contributed by atoms with Crippen molar-refractivity contribution in [2.45, 2.75) is 11.8 Å². The van der Waals surface area contributed by atoms with Crippen molar-refractivity contribution in [1.29, 1.82) is 0 Å². The number of aryl methyl sites for hydroxylation is 1. The highest BCUT2D eigenvalue weighted by molar-refractivity contribution is 7.92. The SMILES string of the molecule is Cc1ccc(S(=O)(=O)CC(=O)Nc2nc3ccc4ccccc4c3s2)cc1. The van der Waals surface area contributed by atoms with Gasteiger partial charge in [-0.2, -0.15) is 0 Å². The molecule has 1 amide bonds. The number of benzene rings is 3. The number of thiazole rings is 1. The Morgan fingerprint density at radius 1 is 1.04 bits per heavy atom. The van der Waals surface area contributed by atoms with Crippen LogP contribution in [0.3, 0.4) is 0 Å². The van der Waals surface area contributed by atoms with E-state index in [0.717, 1.165) is 26.6 Å². The average molecular weight is 396 g/mol. The molecule has 0 fully saturated rings. The van der Waals surface area contributed by atoms with E-state index in [1.165, 1.54) is 23.5 Å². The van der Waals surface area contributed by atoms with Gasteiger partial charge in [0.2, 0.25) is 5.91 Å². The van der Waals surface area contributed by atoms with Crippen LogP contribution in [0.4, 0.5) is 5.13 Å². The van der Waals surface area contributed by atoms with E-state index < -0.39 is 21.5 Å². The quantitative estimate of drug-likeness (QED) is 0.562. The van der Waals surface area contributed by atoms with E-state index >= 15 is 0 Å². The standard InChI is InChI=1S/C20H16N2O3S2/c1-13-6-9-15(10-7-13)27(24,25)12-18(23)22-20-21-17-11-8-14-4-2-3-5-16(14)19(17)26-20/h2-11H,12H2,1H3,(H,21,22,23). The first-order valence-corrected chi connectivity index (χ1v) is 10.8. The van der Waals surface area contributed by atoms with Gasteiger partial charge in [0.05, 0.1) is 15.1 Å². The van der Waals surface area contributed by atoms with Crippen molar-refractivity contribution >= 4 is 53.2 Å². The number of hydrogen-bond acceptors (Lipinski definition) is 5. The topological polar surface area (TPSA) is 76.1 Å². The van der Waals surface area contributed by atoms with Gasteiger partial charge < -0.3 is 5.32 Å². The molecular formula is C20H16N2O3S2. The lowest BCUT2D eigenvalue weighted by atomic mass is 10.1. The first-order chi connectivity index (χ1) is 12.9. The van der Waals surface area contributed by atoms with Crippen LogP contribution in [0.1, 0.15) is 5.56 Å². The van der Waals surface area contributed by atoms with Gasteiger partial charge >= 0.3 is 0 Å². The number of carbonyl (C=O) groups excluding carboxylic acids is 1. The van der Waals surface area contributed by atoms with E-state index in [2.05, 4.69) is 10.3 Å². The predicted molar refractivity (Wildman–Crippen MR) is 109 cm³/mol. The largest absolute Gasteiger partial charge is 0.301 e. The fourth-order valence-electron chi connectivity index (χ4n) is 2.87. The summed E-state index contributed by atoms with van der Waals surface area (Å²) < 4.78 is 25.8. The number of amides is 1. The van der Waals surface area contributed by atoms with Gasteiger partial charge in [-0.15, -0.1) is 0 Å². The highest BCUT2D eigenvalue weighted by Gasteiger charge is 2.20. The molecule has 27 heavy (non-hydrogen) atoms. The number of hydrogen-bond donors (Lipinski definition) is 1. The molecule has 1 N–H and O–H groups in total. The van der Waals surface area contributed by atoms with Gasteiger partial charge in [-0.25, -0.2) is 13.4 Å². The monoisotopic (exact) mass is 396 g/mol. The number of nitrogens with one attached hydrogen (secondary N) is 1. The van der Waals surface area contributed by atoms with Gasteiger partial charge in [0.1, 0.15) is 5.75 Å². The van der Waals surface area contributed by atoms with Crippen LogP contribution in [-0.4, -0.2) is 25.1 Å². The van der Waals surface area contributed by atoms with E-state index in [4.69, 9.17) is 0 Å². The highest BCUT2D eigenvalue weighted by Crippen LogP contribution is 2.32. The molecule has 136 valence electrons. The second kappa shape index (κ2) is 6.75. The van der Waals surface area contributed by atoms with Gasteiger partial charge in [-0.1, -0.05) is 59.4 Å². The molecule has 1 heterocycles. The maximum Gasteiger partial charge on any atom is 0.241 e. The third-order valence-corrected chi connectivity index (χ3v) is 6.88. The molecule has 4 aromatic rings. The molecule has 1 aromatic heterocycles. The molecule has 0 aliphatic heterocycles. The third-order valence-electron chi connectivity index (χ3n) is 4.23. The number of aromatic nitrogens is 1. The van der Waals surface area contributed by atoms with Gasteiger partial charge in [0.15, 0.2) is 15.0 Å². The Morgan fingerprint density at radius 3 is 2.56 bits per heavy atom. The van der Waals surface area contributed by atoms with Crippen LogP contribution in [0, 0.1) is 6.92 Å². The molecule has 0 saturated carbocycles. The molecule has 0 bridgehead atoms. The van der Waals surface area contributed by atoms with Crippen molar-refractivity contribution in [2.24, 2.45) is 0 Å². The van der Waals surface area contributed by atoms with E-state index in [1.807, 2.05) is 43.3 Å². The fraction of sp³-hybridized carbons (Fsp3) is 0.100. The molecule has 4 rings (SSSR count). The Morgan fingerprint density at radius 2 is 1.78 bits per heavy atom. The second-order valence-electron chi connectivity index (χ2n) is 6.27. The zero-order valence-corrected chi connectivity index (χ0v) is 16.1. The van der Waals surface area contributed by atoms with Crippen LogP contribution in [-0.2, 0) is 14.6 Å². The maximum absolute atomic E-state index is 12.4. The molecule has 0 spiro atoms. The summed E-state index contributed by atoms with van der Waals surface area (Å²) in [5.41, 5.74) is 1.73. The fourth-order valence-corrected chi connectivity index (χ4v) is 5.02. The first-order valence-electron chi connectivity index (χ1n) is 8.30. The first kappa shape index (κ1) is 17.6. The van der Waals surface area contributed by atoms with Crippen molar-refractivity contribution in [3.8, 4) is 0 Å². The lowest BCUT2D eigenvalue weighted by Gasteiger charge is -2.04. The van der Waals surface area contributed by atoms with Crippen molar-refractivity contribution in [3.63, 3.8) is 0 Å². The maximum atomic E-state index is 12.4. The summed E-state index contributed by atoms with van der Waals surface area (Å²) in [6.07, 6.45) is 0. The molecule has 0 aliphatic rings. The lowest BCUT2D eigenvalue weighted by Crippen LogP contribution is -2.22. The Kier molecular flexibility index (Phi) is 4.41. The van der Waals surface area contributed by atoms with E-state index in [9.17, 15) is 13.2 Å². The minimum absolute atomic E-state index is 0.138. The Balaban J connectivity index is 1.57. The molecule has 3 aromatic carbocycles. The van der Waals surface area contributed by atoms with Gasteiger partial charge in [0, 0.05) is 5.39 Å². The summed E-state index contributed by atoms with van der Waals surface area (Å²) in [7, 11) is -3.70. The summed E-state index contributed by atoms with van der Waals surface area (Å²) in [6.45, 7) is 1.87. The molecule has 0 unspecified atom stereocenters. The summed E-state index contributed by atoms with van der Waals surface area (Å²) in [5.74, 6) is -1.22. The van der Waals surface area contributed by atoms with Crippen molar-refractivity contribution in [1.82, 2.24) is 4.98 Å². The zero-order chi connectivity index (χ0) is 19.0. The van der Waals surface area contributed by atoms with E-state index in [1.54, 1.807) is 12.1 Å². The Hall–Kier alpha value is -2.77. The molecule has 5 nitrogen and oxygen atoms in total. The smallest absolute Gasteiger partial charge is 0.241 e. The van der Waals surface area contributed by atoms with E-state index in [0.29, 0.717) is 5.13 Å². The number of carbonyl (C=O) groups is 1. The van der Waals surface area contributed by atoms with Crippen LogP contribution in [0.5, 0.6) is 0 Å². The van der Waals surface area contributed by atoms with E-state index in [-0.39, 0.29) is 4.90 Å². The number of rotatable bonds is 4. The number of anilines is 1. The third kappa shape index (κ3) is 3.56. The van der Waals surface area contributed by atoms with Crippen LogP contribution < -0.4 is 5.32 Å². The molecule has 7 heteroatoms. The average Bonchev–Trinajstić information content (AvgIpc) is 3.04. The van der Waals surface area contributed by atoms with Gasteiger partial charge in [0.25, 0.3) is 0 Å². The van der Waals surface area contributed by atoms with Crippen LogP contribution in [0.2, 0.25) is 0 Å². The summed E-state index contributed by atoms with van der Waals surface area (Å²) >= 11 is 1.34. The van der Waals surface area contributed by atoms with Gasteiger partial charge in [-0.3, -0.25) is 4.79 Å². The summed E-state index contributed by atoms with van der Waals surface area (Å²) in [6, 6.07) is 18.3. The van der Waals surface area contributed by atoms with Crippen LogP contribution in [0.15, 0.2) is 65.6 Å². The highest BCUT2D eigenvalue weighted by atomic mass is 32.2. The summed E-state index contributed by atoms with van der Waals surface area (Å²) in [5, 5.41) is 5.16. The number of nitrogens with zero attached hydrogens (tertiary/aromatic N) is 1. The van der Waals surface area contributed by atoms with Gasteiger partial charge in [-0.05, 0) is 30.5 Å². The Bertz CT molecular complexity index is 1260. The predicted octanol–water partition coefficient (Wildman–Crippen LogP) is 4.17. The van der Waals surface area contributed by atoms with Crippen molar-refractivity contribution < 1.29 is 13.2 Å². The molecule has 0 atom stereocenters. The van der Waals surface area contributed by atoms with Crippen molar-refractivity contribution in [2.75, 3.05) is 11.1 Å². The summed E-state index contributed by atoms with van der Waals surface area (Å²) in [4.78, 5) is 16.8. The number of fused-ring (bicyclic) bond motifs is 3. The molecule has 0 aliphatic carbocycles.